The first-order valence-electron chi connectivity index (χ1n) is 7.44. The molecule has 0 saturated heterocycles. The van der Waals surface area contributed by atoms with Crippen LogP contribution in [0, 0.1) is 23.7 Å². The zero-order valence-corrected chi connectivity index (χ0v) is 12.1. The highest BCUT2D eigenvalue weighted by Crippen LogP contribution is 2.28. The van der Waals surface area contributed by atoms with Gasteiger partial charge in [0, 0.05) is 6.54 Å². The fourth-order valence-electron chi connectivity index (χ4n) is 2.98. The maximum absolute atomic E-state index is 11.1. The van der Waals surface area contributed by atoms with Gasteiger partial charge in [0.2, 0.25) is 0 Å². The fraction of sp³-hybridized carbons (Fsp3) is 0.933. The largest absolute Gasteiger partial charge is 0.481 e. The Labute approximate surface area is 111 Å². The molecule has 3 unspecified atom stereocenters. The quantitative estimate of drug-likeness (QED) is 0.734. The summed E-state index contributed by atoms with van der Waals surface area (Å²) in [6.45, 7) is 8.10. The summed E-state index contributed by atoms with van der Waals surface area (Å²) in [6, 6.07) is 0. The summed E-state index contributed by atoms with van der Waals surface area (Å²) >= 11 is 0. The van der Waals surface area contributed by atoms with Gasteiger partial charge in [-0.25, -0.2) is 0 Å². The van der Waals surface area contributed by atoms with Gasteiger partial charge in [-0.3, -0.25) is 4.79 Å². The van der Waals surface area contributed by atoms with Gasteiger partial charge >= 0.3 is 5.97 Å². The van der Waals surface area contributed by atoms with E-state index in [0.717, 1.165) is 24.8 Å². The summed E-state index contributed by atoms with van der Waals surface area (Å²) in [6.07, 6.45) is 6.10. The highest BCUT2D eigenvalue weighted by molar-refractivity contribution is 5.70. The second-order valence-electron chi connectivity index (χ2n) is 6.34. The third-order valence-corrected chi connectivity index (χ3v) is 4.19. The van der Waals surface area contributed by atoms with Crippen molar-refractivity contribution in [2.45, 2.75) is 52.9 Å². The molecule has 2 N–H and O–H groups in total. The van der Waals surface area contributed by atoms with E-state index in [9.17, 15) is 9.90 Å². The highest BCUT2D eigenvalue weighted by Gasteiger charge is 2.22. The highest BCUT2D eigenvalue weighted by atomic mass is 16.4. The maximum Gasteiger partial charge on any atom is 0.307 e. The molecular formula is C15H29NO2. The maximum atomic E-state index is 11.1. The number of carboxylic acids is 1. The van der Waals surface area contributed by atoms with Crippen LogP contribution in [0.25, 0.3) is 0 Å². The normalized spacial score (nSPS) is 26.2. The van der Waals surface area contributed by atoms with Crippen LogP contribution in [0.15, 0.2) is 0 Å². The van der Waals surface area contributed by atoms with Crippen LogP contribution >= 0.6 is 0 Å². The van der Waals surface area contributed by atoms with Crippen LogP contribution in [0.5, 0.6) is 0 Å². The van der Waals surface area contributed by atoms with E-state index in [1.54, 1.807) is 0 Å². The molecule has 3 atom stereocenters. The molecule has 3 heteroatoms. The molecule has 0 radical (unpaired) electrons. The molecule has 0 aromatic rings. The van der Waals surface area contributed by atoms with Crippen LogP contribution in [0.2, 0.25) is 0 Å². The van der Waals surface area contributed by atoms with Crippen molar-refractivity contribution in [2.75, 3.05) is 13.1 Å². The van der Waals surface area contributed by atoms with E-state index >= 15 is 0 Å². The van der Waals surface area contributed by atoms with Crippen molar-refractivity contribution in [3.05, 3.63) is 0 Å². The van der Waals surface area contributed by atoms with Crippen LogP contribution in [-0.2, 0) is 4.79 Å². The standard InChI is InChI=1S/C15H29NO2/c1-11(2)8-14(15(17)18)10-16-9-13-7-5-4-6-12(13)3/h11-14,16H,4-10H2,1-3H3,(H,17,18). The number of hydrogen-bond donors (Lipinski definition) is 2. The van der Waals surface area contributed by atoms with Crippen LogP contribution < -0.4 is 5.32 Å². The topological polar surface area (TPSA) is 49.3 Å². The molecular weight excluding hydrogens is 226 g/mol. The first-order valence-corrected chi connectivity index (χ1v) is 7.44. The predicted octanol–water partition coefficient (Wildman–Crippen LogP) is 3.15. The molecule has 0 spiro atoms. The molecule has 18 heavy (non-hydrogen) atoms. The Morgan fingerprint density at radius 3 is 2.56 bits per heavy atom. The Hall–Kier alpha value is -0.570. The minimum Gasteiger partial charge on any atom is -0.481 e. The lowest BCUT2D eigenvalue weighted by molar-refractivity contribution is -0.142. The number of rotatable bonds is 7. The lowest BCUT2D eigenvalue weighted by atomic mass is 9.80. The third kappa shape index (κ3) is 5.38. The molecule has 106 valence electrons. The van der Waals surface area contributed by atoms with Crippen molar-refractivity contribution in [1.82, 2.24) is 5.32 Å². The molecule has 1 saturated carbocycles. The first-order chi connectivity index (χ1) is 8.50. The summed E-state index contributed by atoms with van der Waals surface area (Å²) in [5.74, 6) is 1.09. The van der Waals surface area contributed by atoms with Crippen molar-refractivity contribution in [3.8, 4) is 0 Å². The van der Waals surface area contributed by atoms with E-state index in [2.05, 4.69) is 26.1 Å². The molecule has 1 aliphatic carbocycles. The molecule has 0 bridgehead atoms. The lowest BCUT2D eigenvalue weighted by Crippen LogP contribution is -2.35. The van der Waals surface area contributed by atoms with Crippen LogP contribution in [0.4, 0.5) is 0 Å². The van der Waals surface area contributed by atoms with E-state index in [1.807, 2.05) is 0 Å². The van der Waals surface area contributed by atoms with Gasteiger partial charge in [-0.15, -0.1) is 0 Å². The van der Waals surface area contributed by atoms with E-state index in [4.69, 9.17) is 0 Å². The molecule has 1 fully saturated rings. The Morgan fingerprint density at radius 1 is 1.33 bits per heavy atom. The molecule has 0 aromatic heterocycles. The second-order valence-corrected chi connectivity index (χ2v) is 6.34. The predicted molar refractivity (Wildman–Crippen MR) is 74.6 cm³/mol. The molecule has 0 aromatic carbocycles. The van der Waals surface area contributed by atoms with Gasteiger partial charge in [0.15, 0.2) is 0 Å². The smallest absolute Gasteiger partial charge is 0.307 e. The SMILES string of the molecule is CC(C)CC(CNCC1CCCCC1C)C(=O)O. The monoisotopic (exact) mass is 255 g/mol. The summed E-state index contributed by atoms with van der Waals surface area (Å²) in [5.41, 5.74) is 0. The van der Waals surface area contributed by atoms with Gasteiger partial charge in [0.1, 0.15) is 0 Å². The molecule has 0 aliphatic heterocycles. The molecule has 1 rings (SSSR count). The molecule has 0 amide bonds. The van der Waals surface area contributed by atoms with Crippen molar-refractivity contribution < 1.29 is 9.90 Å². The number of carbonyl (C=O) groups is 1. The third-order valence-electron chi connectivity index (χ3n) is 4.19. The van der Waals surface area contributed by atoms with Gasteiger partial charge in [-0.05, 0) is 37.1 Å². The van der Waals surface area contributed by atoms with Crippen molar-refractivity contribution >= 4 is 5.97 Å². The fourth-order valence-corrected chi connectivity index (χ4v) is 2.98. The number of nitrogens with one attached hydrogen (secondary N) is 1. The Morgan fingerprint density at radius 2 is 2.00 bits per heavy atom. The van der Waals surface area contributed by atoms with Crippen molar-refractivity contribution in [1.29, 1.82) is 0 Å². The molecule has 3 nitrogen and oxygen atoms in total. The van der Waals surface area contributed by atoms with Gasteiger partial charge in [-0.1, -0.05) is 40.0 Å². The molecule has 1 aliphatic rings. The average molecular weight is 255 g/mol. The van der Waals surface area contributed by atoms with E-state index in [0.29, 0.717) is 12.5 Å². The zero-order chi connectivity index (χ0) is 13.5. The number of hydrogen-bond acceptors (Lipinski definition) is 2. The summed E-state index contributed by atoms with van der Waals surface area (Å²) in [5, 5.41) is 12.6. The minimum atomic E-state index is -0.659. The van der Waals surface area contributed by atoms with E-state index in [-0.39, 0.29) is 5.92 Å². The zero-order valence-electron chi connectivity index (χ0n) is 12.1. The summed E-state index contributed by atoms with van der Waals surface area (Å²) < 4.78 is 0. The lowest BCUT2D eigenvalue weighted by Gasteiger charge is -2.29. The van der Waals surface area contributed by atoms with Crippen LogP contribution in [0.1, 0.15) is 52.9 Å². The van der Waals surface area contributed by atoms with E-state index in [1.165, 1.54) is 25.7 Å². The first kappa shape index (κ1) is 15.5. The van der Waals surface area contributed by atoms with Gasteiger partial charge in [0.05, 0.1) is 5.92 Å². The van der Waals surface area contributed by atoms with E-state index < -0.39 is 5.97 Å². The molecule has 0 heterocycles. The van der Waals surface area contributed by atoms with Gasteiger partial charge in [-0.2, -0.15) is 0 Å². The van der Waals surface area contributed by atoms with Gasteiger partial charge in [0.25, 0.3) is 0 Å². The minimum absolute atomic E-state index is 0.233. The summed E-state index contributed by atoms with van der Waals surface area (Å²) in [7, 11) is 0. The van der Waals surface area contributed by atoms with Crippen molar-refractivity contribution in [2.24, 2.45) is 23.7 Å². The van der Waals surface area contributed by atoms with Crippen LogP contribution in [0.3, 0.4) is 0 Å². The Balaban J connectivity index is 2.27. The Bertz CT molecular complexity index is 253. The van der Waals surface area contributed by atoms with Gasteiger partial charge < -0.3 is 10.4 Å². The number of aliphatic carboxylic acids is 1. The Kier molecular flexibility index (Phi) is 6.69. The number of carboxylic acid groups (broad SMARTS) is 1. The van der Waals surface area contributed by atoms with Crippen LogP contribution in [-0.4, -0.2) is 24.2 Å². The van der Waals surface area contributed by atoms with Crippen molar-refractivity contribution in [3.63, 3.8) is 0 Å². The summed E-state index contributed by atoms with van der Waals surface area (Å²) in [4.78, 5) is 11.1. The average Bonchev–Trinajstić information content (AvgIpc) is 2.29. The second kappa shape index (κ2) is 7.78.